The highest BCUT2D eigenvalue weighted by atomic mass is 32.2. The van der Waals surface area contributed by atoms with Gasteiger partial charge in [0.15, 0.2) is 6.61 Å². The molecule has 3 aliphatic rings. The molecule has 0 saturated carbocycles. The van der Waals surface area contributed by atoms with Crippen molar-refractivity contribution in [2.24, 2.45) is 4.40 Å². The van der Waals surface area contributed by atoms with Gasteiger partial charge in [0.05, 0.1) is 11.3 Å². The largest absolute Gasteiger partial charge is 0.452 e. The fourth-order valence-electron chi connectivity index (χ4n) is 3.08. The van der Waals surface area contributed by atoms with Crippen LogP contribution in [0.1, 0.15) is 26.2 Å². The minimum atomic E-state index is -3.43. The molecule has 1 unspecified atom stereocenters. The Labute approximate surface area is 146 Å². The van der Waals surface area contributed by atoms with Crippen LogP contribution in [0.3, 0.4) is 0 Å². The minimum Gasteiger partial charge on any atom is -0.452 e. The number of amides is 1. The summed E-state index contributed by atoms with van der Waals surface area (Å²) < 4.78 is 31.7. The highest BCUT2D eigenvalue weighted by molar-refractivity contribution is 7.90. The maximum atomic E-state index is 12.2. The van der Waals surface area contributed by atoms with E-state index in [9.17, 15) is 18.0 Å². The SMILES string of the molecule is CC1CCCCN1C(=O)COC(=O)C1=CN2CCS(=O)(=O)N=C2C=C1. The summed E-state index contributed by atoms with van der Waals surface area (Å²) >= 11 is 0. The third-order valence-corrected chi connectivity index (χ3v) is 5.67. The van der Waals surface area contributed by atoms with Crippen LogP contribution in [0.5, 0.6) is 0 Å². The molecule has 3 aliphatic heterocycles. The Morgan fingerprint density at radius 1 is 1.28 bits per heavy atom. The molecule has 1 saturated heterocycles. The van der Waals surface area contributed by atoms with Gasteiger partial charge in [0.1, 0.15) is 5.84 Å². The number of fused-ring (bicyclic) bond motifs is 1. The zero-order chi connectivity index (χ0) is 18.0. The molecular weight excluding hydrogens is 346 g/mol. The first-order chi connectivity index (χ1) is 11.9. The van der Waals surface area contributed by atoms with E-state index < -0.39 is 16.0 Å². The molecule has 0 aromatic carbocycles. The second-order valence-electron chi connectivity index (χ2n) is 6.35. The van der Waals surface area contributed by atoms with Gasteiger partial charge in [0, 0.05) is 25.3 Å². The molecule has 0 N–H and O–H groups in total. The van der Waals surface area contributed by atoms with Crippen LogP contribution >= 0.6 is 0 Å². The van der Waals surface area contributed by atoms with Crippen molar-refractivity contribution < 1.29 is 22.7 Å². The Morgan fingerprint density at radius 3 is 2.84 bits per heavy atom. The van der Waals surface area contributed by atoms with Crippen LogP contribution in [0.15, 0.2) is 28.3 Å². The molecule has 1 fully saturated rings. The number of amidine groups is 1. The van der Waals surface area contributed by atoms with E-state index in [1.54, 1.807) is 9.80 Å². The Morgan fingerprint density at radius 2 is 2.08 bits per heavy atom. The van der Waals surface area contributed by atoms with E-state index in [0.717, 1.165) is 19.3 Å². The van der Waals surface area contributed by atoms with E-state index in [2.05, 4.69) is 4.40 Å². The van der Waals surface area contributed by atoms with Gasteiger partial charge >= 0.3 is 5.97 Å². The predicted molar refractivity (Wildman–Crippen MR) is 91.1 cm³/mol. The molecule has 1 atom stereocenters. The summed E-state index contributed by atoms with van der Waals surface area (Å²) in [7, 11) is -3.43. The van der Waals surface area contributed by atoms with E-state index >= 15 is 0 Å². The van der Waals surface area contributed by atoms with E-state index in [1.807, 2.05) is 6.92 Å². The topological polar surface area (TPSA) is 96.4 Å². The lowest BCUT2D eigenvalue weighted by Crippen LogP contribution is -2.44. The molecule has 1 amide bonds. The van der Waals surface area contributed by atoms with Gasteiger partial charge in [0.25, 0.3) is 15.9 Å². The molecule has 0 aromatic rings. The number of sulfonamides is 1. The number of carbonyl (C=O) groups excluding carboxylic acids is 2. The number of rotatable bonds is 3. The van der Waals surface area contributed by atoms with Crippen LogP contribution < -0.4 is 0 Å². The molecule has 8 nitrogen and oxygen atoms in total. The Balaban J connectivity index is 1.58. The lowest BCUT2D eigenvalue weighted by molar-refractivity contribution is -0.150. The smallest absolute Gasteiger partial charge is 0.340 e. The summed E-state index contributed by atoms with van der Waals surface area (Å²) in [4.78, 5) is 27.7. The fraction of sp³-hybridized carbons (Fsp3) is 0.562. The monoisotopic (exact) mass is 367 g/mol. The highest BCUT2D eigenvalue weighted by Crippen LogP contribution is 2.18. The van der Waals surface area contributed by atoms with Gasteiger partial charge in [-0.15, -0.1) is 4.40 Å². The zero-order valence-electron chi connectivity index (χ0n) is 14.1. The molecule has 0 spiro atoms. The number of carbonyl (C=O) groups is 2. The van der Waals surface area contributed by atoms with Crippen LogP contribution in [0, 0.1) is 0 Å². The van der Waals surface area contributed by atoms with Crippen molar-refractivity contribution in [1.29, 1.82) is 0 Å². The average molecular weight is 367 g/mol. The summed E-state index contributed by atoms with van der Waals surface area (Å²) in [6.45, 7) is 2.63. The van der Waals surface area contributed by atoms with Crippen molar-refractivity contribution in [2.75, 3.05) is 25.4 Å². The molecule has 3 heterocycles. The summed E-state index contributed by atoms with van der Waals surface area (Å²) in [5, 5.41) is 0. The first kappa shape index (κ1) is 17.7. The van der Waals surface area contributed by atoms with Crippen molar-refractivity contribution in [1.82, 2.24) is 9.80 Å². The molecule has 3 rings (SSSR count). The van der Waals surface area contributed by atoms with Gasteiger partial charge in [-0.2, -0.15) is 0 Å². The highest BCUT2D eigenvalue weighted by Gasteiger charge is 2.27. The van der Waals surface area contributed by atoms with Crippen LogP contribution in [-0.2, 0) is 24.3 Å². The molecule has 0 bridgehead atoms. The van der Waals surface area contributed by atoms with Gasteiger partial charge in [-0.05, 0) is 38.3 Å². The summed E-state index contributed by atoms with van der Waals surface area (Å²) in [5.41, 5.74) is 0.262. The van der Waals surface area contributed by atoms with E-state index in [0.29, 0.717) is 6.54 Å². The average Bonchev–Trinajstić information content (AvgIpc) is 2.58. The molecule has 0 radical (unpaired) electrons. The van der Waals surface area contributed by atoms with Crippen LogP contribution in [0.25, 0.3) is 0 Å². The van der Waals surface area contributed by atoms with Gasteiger partial charge in [-0.3, -0.25) is 4.79 Å². The number of likely N-dealkylation sites (tertiary alicyclic amines) is 1. The second-order valence-corrected chi connectivity index (χ2v) is 8.11. The Hall–Kier alpha value is -2.16. The standard InChI is InChI=1S/C16H21N3O5S/c1-12-4-2-3-7-19(12)15(20)11-24-16(21)13-5-6-14-17-25(22,23)9-8-18(14)10-13/h5-6,10,12H,2-4,7-9,11H2,1H3. The zero-order valence-corrected chi connectivity index (χ0v) is 14.9. The van der Waals surface area contributed by atoms with Crippen LogP contribution in [-0.4, -0.2) is 67.4 Å². The number of ether oxygens (including phenoxy) is 1. The van der Waals surface area contributed by atoms with Gasteiger partial charge in [0.2, 0.25) is 0 Å². The quantitative estimate of drug-likeness (QED) is 0.671. The number of hydrogen-bond donors (Lipinski definition) is 0. The lowest BCUT2D eigenvalue weighted by atomic mass is 10.0. The molecule has 136 valence electrons. The van der Waals surface area contributed by atoms with Gasteiger partial charge in [-0.1, -0.05) is 0 Å². The first-order valence-corrected chi connectivity index (χ1v) is 9.92. The predicted octanol–water partition coefficient (Wildman–Crippen LogP) is 0.428. The summed E-state index contributed by atoms with van der Waals surface area (Å²) in [6.07, 6.45) is 7.46. The van der Waals surface area contributed by atoms with Crippen molar-refractivity contribution in [3.05, 3.63) is 23.9 Å². The van der Waals surface area contributed by atoms with E-state index in [-0.39, 0.29) is 42.3 Å². The van der Waals surface area contributed by atoms with Crippen LogP contribution in [0.4, 0.5) is 0 Å². The number of hydrogen-bond acceptors (Lipinski definition) is 6. The van der Waals surface area contributed by atoms with E-state index in [4.69, 9.17) is 4.74 Å². The third-order valence-electron chi connectivity index (χ3n) is 4.51. The number of nitrogens with zero attached hydrogens (tertiary/aromatic N) is 3. The van der Waals surface area contributed by atoms with Crippen molar-refractivity contribution in [3.63, 3.8) is 0 Å². The lowest BCUT2D eigenvalue weighted by Gasteiger charge is -2.33. The van der Waals surface area contributed by atoms with Crippen molar-refractivity contribution in [3.8, 4) is 0 Å². The third kappa shape index (κ3) is 4.09. The van der Waals surface area contributed by atoms with Crippen molar-refractivity contribution in [2.45, 2.75) is 32.2 Å². The summed E-state index contributed by atoms with van der Waals surface area (Å²) in [5.74, 6) is -0.621. The number of esters is 1. The summed E-state index contributed by atoms with van der Waals surface area (Å²) in [6, 6.07) is 0.169. The molecule has 0 aliphatic carbocycles. The molecule has 25 heavy (non-hydrogen) atoms. The minimum absolute atomic E-state index is 0.103. The van der Waals surface area contributed by atoms with E-state index in [1.165, 1.54) is 18.4 Å². The second kappa shape index (κ2) is 6.99. The molecular formula is C16H21N3O5S. The first-order valence-electron chi connectivity index (χ1n) is 8.31. The van der Waals surface area contributed by atoms with Gasteiger partial charge < -0.3 is 14.5 Å². The Kier molecular flexibility index (Phi) is 4.94. The maximum Gasteiger partial charge on any atom is 0.340 e. The molecule has 9 heteroatoms. The maximum absolute atomic E-state index is 12.2. The Bertz CT molecular complexity index is 769. The molecule has 0 aromatic heterocycles. The normalized spacial score (nSPS) is 24.9. The number of piperidine rings is 1. The fourth-order valence-corrected chi connectivity index (χ4v) is 4.05. The van der Waals surface area contributed by atoms with Crippen LogP contribution in [0.2, 0.25) is 0 Å². The van der Waals surface area contributed by atoms with Crippen molar-refractivity contribution >= 4 is 27.7 Å². The van der Waals surface area contributed by atoms with Gasteiger partial charge in [-0.25, -0.2) is 13.2 Å².